The van der Waals surface area contributed by atoms with Gasteiger partial charge in [-0.3, -0.25) is 9.98 Å². The topological polar surface area (TPSA) is 51.0 Å². The molecule has 0 atom stereocenters. The first-order valence-electron chi connectivity index (χ1n) is 3.34. The van der Waals surface area contributed by atoms with E-state index in [1.54, 1.807) is 18.5 Å². The standard InChI is InChI=1S/C8H8N2O2/c1-12-8(11)7-5-9-3-2-4-10-6-7/h2-6H,1H3. The summed E-state index contributed by atoms with van der Waals surface area (Å²) >= 11 is 0. The molecule has 1 rings (SSSR count). The van der Waals surface area contributed by atoms with Crippen LogP contribution in [-0.2, 0) is 9.53 Å². The molecule has 0 amide bonds. The molecule has 1 aliphatic heterocycles. The van der Waals surface area contributed by atoms with Crippen LogP contribution >= 0.6 is 0 Å². The second kappa shape index (κ2) is 4.23. The van der Waals surface area contributed by atoms with Gasteiger partial charge in [-0.25, -0.2) is 4.79 Å². The van der Waals surface area contributed by atoms with E-state index < -0.39 is 5.97 Å². The summed E-state index contributed by atoms with van der Waals surface area (Å²) in [6, 6.07) is 0. The first-order chi connectivity index (χ1) is 5.84. The van der Waals surface area contributed by atoms with E-state index in [-0.39, 0.29) is 0 Å². The fourth-order valence-electron chi connectivity index (χ4n) is 0.641. The zero-order chi connectivity index (χ0) is 8.81. The van der Waals surface area contributed by atoms with Gasteiger partial charge in [-0.15, -0.1) is 0 Å². The van der Waals surface area contributed by atoms with Gasteiger partial charge in [-0.05, 0) is 6.08 Å². The highest BCUT2D eigenvalue weighted by atomic mass is 16.5. The fourth-order valence-corrected chi connectivity index (χ4v) is 0.641. The highest BCUT2D eigenvalue weighted by molar-refractivity contribution is 6.09. The Bertz CT molecular complexity index is 287. The van der Waals surface area contributed by atoms with Crippen molar-refractivity contribution in [2.45, 2.75) is 0 Å². The maximum absolute atomic E-state index is 11.0. The number of rotatable bonds is 1. The highest BCUT2D eigenvalue weighted by Gasteiger charge is 2.05. The first kappa shape index (κ1) is 8.39. The van der Waals surface area contributed by atoms with Gasteiger partial charge < -0.3 is 4.74 Å². The zero-order valence-electron chi connectivity index (χ0n) is 6.60. The van der Waals surface area contributed by atoms with E-state index in [1.807, 2.05) is 0 Å². The lowest BCUT2D eigenvalue weighted by Crippen LogP contribution is -2.05. The van der Waals surface area contributed by atoms with Crippen LogP contribution < -0.4 is 0 Å². The van der Waals surface area contributed by atoms with Crippen molar-refractivity contribution < 1.29 is 9.53 Å². The van der Waals surface area contributed by atoms with Crippen molar-refractivity contribution in [2.75, 3.05) is 7.11 Å². The summed E-state index contributed by atoms with van der Waals surface area (Å²) in [4.78, 5) is 18.6. The Morgan fingerprint density at radius 1 is 1.50 bits per heavy atom. The van der Waals surface area contributed by atoms with E-state index in [0.717, 1.165) is 0 Å². The van der Waals surface area contributed by atoms with Gasteiger partial charge in [0.15, 0.2) is 0 Å². The first-order valence-corrected chi connectivity index (χ1v) is 3.34. The summed E-state index contributed by atoms with van der Waals surface area (Å²) < 4.78 is 4.49. The molecule has 0 fully saturated rings. The third-order valence-electron chi connectivity index (χ3n) is 1.19. The molecule has 1 heterocycles. The number of methoxy groups -OCH3 is 1. The third kappa shape index (κ3) is 2.16. The molecule has 0 aliphatic carbocycles. The van der Waals surface area contributed by atoms with Crippen molar-refractivity contribution in [3.63, 3.8) is 0 Å². The monoisotopic (exact) mass is 164 g/mol. The second-order valence-corrected chi connectivity index (χ2v) is 1.99. The van der Waals surface area contributed by atoms with Crippen LogP contribution in [-0.4, -0.2) is 25.5 Å². The fraction of sp³-hybridized carbons (Fsp3) is 0.125. The lowest BCUT2D eigenvalue weighted by atomic mass is 10.3. The zero-order valence-corrected chi connectivity index (χ0v) is 6.60. The average Bonchev–Trinajstić information content (AvgIpc) is 2.02. The number of nitrogens with zero attached hydrogens (tertiary/aromatic N) is 2. The molecule has 4 heteroatoms. The van der Waals surface area contributed by atoms with Gasteiger partial charge in [0.05, 0.1) is 12.7 Å². The Morgan fingerprint density at radius 3 is 3.08 bits per heavy atom. The molecule has 12 heavy (non-hydrogen) atoms. The summed E-state index contributed by atoms with van der Waals surface area (Å²) in [6.45, 7) is 0. The number of allylic oxidation sites excluding steroid dienone is 1. The molecule has 0 saturated carbocycles. The van der Waals surface area contributed by atoms with Gasteiger partial charge in [-0.1, -0.05) is 0 Å². The molecule has 0 aromatic rings. The Hall–Kier alpha value is -1.71. The van der Waals surface area contributed by atoms with Crippen molar-refractivity contribution in [3.8, 4) is 0 Å². The van der Waals surface area contributed by atoms with Crippen LogP contribution in [0.4, 0.5) is 0 Å². The van der Waals surface area contributed by atoms with Gasteiger partial charge in [0, 0.05) is 24.8 Å². The number of carbonyl (C=O) groups is 1. The molecule has 0 aromatic heterocycles. The quantitative estimate of drug-likeness (QED) is 0.536. The van der Waals surface area contributed by atoms with Crippen LogP contribution in [0.5, 0.6) is 0 Å². The maximum Gasteiger partial charge on any atom is 0.341 e. The molecule has 1 aliphatic rings. The number of hydrogen-bond acceptors (Lipinski definition) is 4. The van der Waals surface area contributed by atoms with Crippen LogP contribution in [0, 0.1) is 0 Å². The molecule has 4 nitrogen and oxygen atoms in total. The molecule has 62 valence electrons. The summed E-state index contributed by atoms with van der Waals surface area (Å²) in [5.74, 6) is -0.439. The minimum atomic E-state index is -0.439. The third-order valence-corrected chi connectivity index (χ3v) is 1.19. The van der Waals surface area contributed by atoms with E-state index in [2.05, 4.69) is 14.7 Å². The molecule has 0 N–H and O–H groups in total. The van der Waals surface area contributed by atoms with E-state index in [9.17, 15) is 4.79 Å². The summed E-state index contributed by atoms with van der Waals surface area (Å²) in [6.07, 6.45) is 7.55. The van der Waals surface area contributed by atoms with Gasteiger partial charge in [-0.2, -0.15) is 0 Å². The summed E-state index contributed by atoms with van der Waals surface area (Å²) in [5.41, 5.74) is 0.332. The van der Waals surface area contributed by atoms with Crippen LogP contribution in [0.25, 0.3) is 0 Å². The maximum atomic E-state index is 11.0. The van der Waals surface area contributed by atoms with Crippen molar-refractivity contribution >= 4 is 18.4 Å². The van der Waals surface area contributed by atoms with Gasteiger partial charge in [0.1, 0.15) is 0 Å². The SMILES string of the molecule is COC(=O)C1=CN=CC=CN=C1. The molecule has 0 saturated heterocycles. The Labute approximate surface area is 70.0 Å². The highest BCUT2D eigenvalue weighted by Crippen LogP contribution is 1.96. The number of hydrogen-bond donors (Lipinski definition) is 0. The lowest BCUT2D eigenvalue weighted by molar-refractivity contribution is -0.135. The van der Waals surface area contributed by atoms with Crippen LogP contribution in [0.15, 0.2) is 34.0 Å². The van der Waals surface area contributed by atoms with Gasteiger partial charge >= 0.3 is 5.97 Å². The largest absolute Gasteiger partial charge is 0.465 e. The number of aliphatic imine (C=N–C) groups is 2. The van der Waals surface area contributed by atoms with Crippen molar-refractivity contribution in [2.24, 2.45) is 9.98 Å². The molecule has 0 unspecified atom stereocenters. The van der Waals surface area contributed by atoms with Crippen molar-refractivity contribution in [1.82, 2.24) is 0 Å². The Kier molecular flexibility index (Phi) is 2.95. The van der Waals surface area contributed by atoms with E-state index in [4.69, 9.17) is 0 Å². The van der Waals surface area contributed by atoms with Gasteiger partial charge in [0.25, 0.3) is 0 Å². The van der Waals surface area contributed by atoms with E-state index >= 15 is 0 Å². The number of esters is 1. The Balaban J connectivity index is 2.82. The molecule has 0 aromatic carbocycles. The molecule has 0 bridgehead atoms. The normalized spacial score (nSPS) is 14.9. The molecular formula is C8H8N2O2. The predicted molar refractivity (Wildman–Crippen MR) is 46.2 cm³/mol. The van der Waals surface area contributed by atoms with E-state index in [1.165, 1.54) is 19.5 Å². The summed E-state index contributed by atoms with van der Waals surface area (Å²) in [5, 5.41) is 0. The van der Waals surface area contributed by atoms with Crippen molar-refractivity contribution in [1.29, 1.82) is 0 Å². The van der Waals surface area contributed by atoms with Crippen LogP contribution in [0.3, 0.4) is 0 Å². The van der Waals surface area contributed by atoms with Crippen molar-refractivity contribution in [3.05, 3.63) is 24.0 Å². The molecule has 0 radical (unpaired) electrons. The number of ether oxygens (including phenoxy) is 1. The Morgan fingerprint density at radius 2 is 2.33 bits per heavy atom. The minimum absolute atomic E-state index is 0.332. The van der Waals surface area contributed by atoms with E-state index in [0.29, 0.717) is 5.57 Å². The summed E-state index contributed by atoms with van der Waals surface area (Å²) in [7, 11) is 1.31. The second-order valence-electron chi connectivity index (χ2n) is 1.99. The molecular weight excluding hydrogens is 156 g/mol. The van der Waals surface area contributed by atoms with Crippen LogP contribution in [0.2, 0.25) is 0 Å². The predicted octanol–water partition coefficient (Wildman–Crippen LogP) is 0.712. The lowest BCUT2D eigenvalue weighted by Gasteiger charge is -1.96. The minimum Gasteiger partial charge on any atom is -0.465 e. The smallest absolute Gasteiger partial charge is 0.341 e. The average molecular weight is 164 g/mol. The van der Waals surface area contributed by atoms with Gasteiger partial charge in [0.2, 0.25) is 0 Å². The van der Waals surface area contributed by atoms with Crippen LogP contribution in [0.1, 0.15) is 0 Å². The molecule has 0 spiro atoms. The number of carbonyl (C=O) groups excluding carboxylic acids is 1.